The van der Waals surface area contributed by atoms with Gasteiger partial charge in [0.2, 0.25) is 0 Å². The maximum Gasteiger partial charge on any atom is 0.0433 e. The lowest BCUT2D eigenvalue weighted by Gasteiger charge is -2.12. The number of aliphatic hydroxyl groups is 1. The van der Waals surface area contributed by atoms with E-state index < -0.39 is 0 Å². The molecule has 0 aromatic carbocycles. The molecular weight excluding hydrogens is 160 g/mol. The molecular formula is C12H26O. The van der Waals surface area contributed by atoms with Gasteiger partial charge in [-0.3, -0.25) is 0 Å². The highest BCUT2D eigenvalue weighted by Crippen LogP contribution is 2.17. The Labute approximate surface area is 83.5 Å². The summed E-state index contributed by atoms with van der Waals surface area (Å²) in [5.74, 6) is 0.770. The first kappa shape index (κ1) is 13.0. The van der Waals surface area contributed by atoms with E-state index in [0.717, 1.165) is 12.3 Å². The summed E-state index contributed by atoms with van der Waals surface area (Å²) in [4.78, 5) is 0. The Bertz CT molecular complexity index is 91.1. The quantitative estimate of drug-likeness (QED) is 0.544. The monoisotopic (exact) mass is 186 g/mol. The Morgan fingerprint density at radius 2 is 1.62 bits per heavy atom. The topological polar surface area (TPSA) is 20.2 Å². The van der Waals surface area contributed by atoms with Crippen LogP contribution in [0.25, 0.3) is 0 Å². The molecule has 0 aromatic heterocycles. The molecule has 0 aliphatic rings. The highest BCUT2D eigenvalue weighted by molar-refractivity contribution is 4.57. The number of unbranched alkanes of at least 4 members (excludes halogenated alkanes) is 4. The van der Waals surface area contributed by atoms with Gasteiger partial charge in [-0.25, -0.2) is 0 Å². The zero-order chi connectivity index (χ0) is 9.94. The Morgan fingerprint density at radius 3 is 2.15 bits per heavy atom. The van der Waals surface area contributed by atoms with Crippen LogP contribution in [0.1, 0.15) is 65.2 Å². The smallest absolute Gasteiger partial charge is 0.0433 e. The fourth-order valence-electron chi connectivity index (χ4n) is 1.77. The molecule has 1 N–H and O–H groups in total. The standard InChI is InChI=1S/C12H26O/c1-3-5-6-7-8-9-12(4-2)10-11-13/h12-13H,3-11H2,1-2H3. The minimum absolute atomic E-state index is 0.369. The number of rotatable bonds is 9. The van der Waals surface area contributed by atoms with E-state index in [1.807, 2.05) is 0 Å². The van der Waals surface area contributed by atoms with Gasteiger partial charge in [0, 0.05) is 6.61 Å². The number of aliphatic hydroxyl groups excluding tert-OH is 1. The van der Waals surface area contributed by atoms with Crippen molar-refractivity contribution in [3.05, 3.63) is 0 Å². The molecule has 0 saturated heterocycles. The van der Waals surface area contributed by atoms with Crippen LogP contribution in [-0.2, 0) is 0 Å². The van der Waals surface area contributed by atoms with Crippen LogP contribution < -0.4 is 0 Å². The average molecular weight is 186 g/mol. The second-order valence-corrected chi connectivity index (χ2v) is 3.99. The largest absolute Gasteiger partial charge is 0.396 e. The molecule has 0 saturated carbocycles. The molecule has 0 heterocycles. The van der Waals surface area contributed by atoms with Crippen LogP contribution >= 0.6 is 0 Å². The highest BCUT2D eigenvalue weighted by Gasteiger charge is 2.04. The van der Waals surface area contributed by atoms with Gasteiger partial charge >= 0.3 is 0 Å². The van der Waals surface area contributed by atoms with Crippen molar-refractivity contribution in [3.8, 4) is 0 Å². The first-order valence-corrected chi connectivity index (χ1v) is 5.96. The normalized spacial score (nSPS) is 13.2. The van der Waals surface area contributed by atoms with Gasteiger partial charge < -0.3 is 5.11 Å². The average Bonchev–Trinajstić information content (AvgIpc) is 2.16. The third kappa shape index (κ3) is 8.29. The molecule has 80 valence electrons. The Hall–Kier alpha value is -0.0400. The van der Waals surface area contributed by atoms with Gasteiger partial charge in [-0.15, -0.1) is 0 Å². The van der Waals surface area contributed by atoms with Crippen LogP contribution in [0, 0.1) is 5.92 Å². The maximum atomic E-state index is 8.81. The molecule has 0 spiro atoms. The van der Waals surface area contributed by atoms with E-state index in [1.54, 1.807) is 0 Å². The number of hydrogen-bond donors (Lipinski definition) is 1. The molecule has 0 rings (SSSR count). The lowest BCUT2D eigenvalue weighted by Crippen LogP contribution is -2.01. The zero-order valence-corrected chi connectivity index (χ0v) is 9.39. The molecule has 1 unspecified atom stereocenters. The van der Waals surface area contributed by atoms with Gasteiger partial charge in [0.05, 0.1) is 0 Å². The van der Waals surface area contributed by atoms with E-state index in [9.17, 15) is 0 Å². The van der Waals surface area contributed by atoms with Crippen molar-refractivity contribution in [1.29, 1.82) is 0 Å². The maximum absolute atomic E-state index is 8.81. The van der Waals surface area contributed by atoms with E-state index in [1.165, 1.54) is 44.9 Å². The predicted molar refractivity (Wildman–Crippen MR) is 58.9 cm³/mol. The molecule has 1 heteroatoms. The van der Waals surface area contributed by atoms with Gasteiger partial charge in [-0.05, 0) is 12.3 Å². The van der Waals surface area contributed by atoms with Crippen LogP contribution in [0.5, 0.6) is 0 Å². The summed E-state index contributed by atoms with van der Waals surface area (Å²) < 4.78 is 0. The second-order valence-electron chi connectivity index (χ2n) is 3.99. The van der Waals surface area contributed by atoms with Crippen LogP contribution in [0.4, 0.5) is 0 Å². The lowest BCUT2D eigenvalue weighted by molar-refractivity contribution is 0.247. The van der Waals surface area contributed by atoms with E-state index in [0.29, 0.717) is 6.61 Å². The predicted octanol–water partition coefficient (Wildman–Crippen LogP) is 3.76. The SMILES string of the molecule is CCCCCCCC(CC)CCO. The first-order chi connectivity index (χ1) is 6.35. The van der Waals surface area contributed by atoms with Crippen LogP contribution in [0.3, 0.4) is 0 Å². The van der Waals surface area contributed by atoms with E-state index in [-0.39, 0.29) is 0 Å². The summed E-state index contributed by atoms with van der Waals surface area (Å²) in [5, 5.41) is 8.81. The van der Waals surface area contributed by atoms with Gasteiger partial charge in [-0.1, -0.05) is 58.8 Å². The van der Waals surface area contributed by atoms with Crippen molar-refractivity contribution in [1.82, 2.24) is 0 Å². The van der Waals surface area contributed by atoms with Crippen LogP contribution in [-0.4, -0.2) is 11.7 Å². The second kappa shape index (κ2) is 10.0. The molecule has 0 amide bonds. The molecule has 1 nitrogen and oxygen atoms in total. The van der Waals surface area contributed by atoms with Crippen LogP contribution in [0.2, 0.25) is 0 Å². The molecule has 13 heavy (non-hydrogen) atoms. The molecule has 0 aliphatic carbocycles. The van der Waals surface area contributed by atoms with Crippen molar-refractivity contribution in [2.45, 2.75) is 65.2 Å². The molecule has 1 atom stereocenters. The van der Waals surface area contributed by atoms with Gasteiger partial charge in [0.25, 0.3) is 0 Å². The summed E-state index contributed by atoms with van der Waals surface area (Å²) in [5.41, 5.74) is 0. The van der Waals surface area contributed by atoms with Gasteiger partial charge in [-0.2, -0.15) is 0 Å². The zero-order valence-electron chi connectivity index (χ0n) is 9.39. The van der Waals surface area contributed by atoms with Crippen molar-refractivity contribution in [2.75, 3.05) is 6.61 Å². The summed E-state index contributed by atoms with van der Waals surface area (Å²) in [6.07, 6.45) is 10.4. The van der Waals surface area contributed by atoms with Crippen molar-refractivity contribution >= 4 is 0 Å². The van der Waals surface area contributed by atoms with Crippen molar-refractivity contribution in [2.24, 2.45) is 5.92 Å². The number of hydrogen-bond acceptors (Lipinski definition) is 1. The lowest BCUT2D eigenvalue weighted by atomic mass is 9.95. The van der Waals surface area contributed by atoms with Gasteiger partial charge in [0.1, 0.15) is 0 Å². The fourth-order valence-corrected chi connectivity index (χ4v) is 1.77. The van der Waals surface area contributed by atoms with E-state index in [4.69, 9.17) is 5.11 Å². The highest BCUT2D eigenvalue weighted by atomic mass is 16.3. The Kier molecular flexibility index (Phi) is 10.0. The Balaban J connectivity index is 3.17. The van der Waals surface area contributed by atoms with E-state index in [2.05, 4.69) is 13.8 Å². The molecule has 0 bridgehead atoms. The molecule has 0 aliphatic heterocycles. The first-order valence-electron chi connectivity index (χ1n) is 5.96. The summed E-state index contributed by atoms with van der Waals surface area (Å²) in [6.45, 7) is 4.85. The summed E-state index contributed by atoms with van der Waals surface area (Å²) in [7, 11) is 0. The van der Waals surface area contributed by atoms with E-state index >= 15 is 0 Å². The van der Waals surface area contributed by atoms with Crippen LogP contribution in [0.15, 0.2) is 0 Å². The molecule has 0 fully saturated rings. The Morgan fingerprint density at radius 1 is 0.923 bits per heavy atom. The summed E-state index contributed by atoms with van der Waals surface area (Å²) in [6, 6.07) is 0. The minimum atomic E-state index is 0.369. The van der Waals surface area contributed by atoms with Crippen molar-refractivity contribution < 1.29 is 5.11 Å². The minimum Gasteiger partial charge on any atom is -0.396 e. The third-order valence-electron chi connectivity index (χ3n) is 2.83. The fraction of sp³-hybridized carbons (Fsp3) is 1.00. The summed E-state index contributed by atoms with van der Waals surface area (Å²) >= 11 is 0. The van der Waals surface area contributed by atoms with Gasteiger partial charge in [0.15, 0.2) is 0 Å². The van der Waals surface area contributed by atoms with Crippen molar-refractivity contribution in [3.63, 3.8) is 0 Å². The molecule has 0 radical (unpaired) electrons. The molecule has 0 aromatic rings. The third-order valence-corrected chi connectivity index (χ3v) is 2.83.